The molecule has 114 valence electrons. The maximum absolute atomic E-state index is 12.1. The number of piperidine rings is 1. The fourth-order valence-electron chi connectivity index (χ4n) is 2.55. The highest BCUT2D eigenvalue weighted by Gasteiger charge is 2.20. The average Bonchev–Trinajstić information content (AvgIpc) is 2.47. The van der Waals surface area contributed by atoms with Crippen molar-refractivity contribution in [2.24, 2.45) is 5.92 Å². The maximum Gasteiger partial charge on any atom is 0.254 e. The molecule has 2 rings (SSSR count). The van der Waals surface area contributed by atoms with Gasteiger partial charge in [0.25, 0.3) is 5.91 Å². The Morgan fingerprint density at radius 1 is 1.52 bits per heavy atom. The zero-order valence-corrected chi connectivity index (χ0v) is 13.0. The number of amides is 2. The maximum atomic E-state index is 12.1. The quantitative estimate of drug-likeness (QED) is 0.838. The van der Waals surface area contributed by atoms with E-state index in [1.54, 1.807) is 18.3 Å². The summed E-state index contributed by atoms with van der Waals surface area (Å²) in [7, 11) is 0. The molecule has 1 fully saturated rings. The molecule has 0 aromatic carbocycles. The zero-order chi connectivity index (χ0) is 15.2. The second-order valence-electron chi connectivity index (χ2n) is 5.51. The first-order valence-electron chi connectivity index (χ1n) is 7.31. The lowest BCUT2D eigenvalue weighted by atomic mass is 10.00. The van der Waals surface area contributed by atoms with E-state index in [9.17, 15) is 9.59 Å². The van der Waals surface area contributed by atoms with Gasteiger partial charge in [-0.05, 0) is 30.9 Å². The summed E-state index contributed by atoms with van der Waals surface area (Å²) in [5, 5.41) is 2.75. The number of hydrogen-bond donors (Lipinski definition) is 2. The molecule has 1 saturated heterocycles. The van der Waals surface area contributed by atoms with Gasteiger partial charge in [0.05, 0.1) is 5.56 Å². The van der Waals surface area contributed by atoms with E-state index >= 15 is 0 Å². The minimum Gasteiger partial charge on any atom is -0.352 e. The Kier molecular flexibility index (Phi) is 5.50. The van der Waals surface area contributed by atoms with Crippen LogP contribution < -0.4 is 5.32 Å². The number of aromatic nitrogens is 1. The van der Waals surface area contributed by atoms with Gasteiger partial charge in [-0.15, -0.1) is 0 Å². The molecule has 0 radical (unpaired) electrons. The molecule has 0 unspecified atom stereocenters. The van der Waals surface area contributed by atoms with E-state index in [4.69, 9.17) is 12.2 Å². The van der Waals surface area contributed by atoms with Gasteiger partial charge in [0, 0.05) is 32.3 Å². The van der Waals surface area contributed by atoms with Crippen molar-refractivity contribution in [2.75, 3.05) is 19.6 Å². The van der Waals surface area contributed by atoms with E-state index in [0.717, 1.165) is 19.5 Å². The van der Waals surface area contributed by atoms with Crippen LogP contribution in [0.1, 0.15) is 36.5 Å². The summed E-state index contributed by atoms with van der Waals surface area (Å²) < 4.78 is 0.409. The number of nitrogens with one attached hydrogen (secondary N) is 2. The molecule has 2 amide bonds. The van der Waals surface area contributed by atoms with Gasteiger partial charge in [0.1, 0.15) is 4.64 Å². The van der Waals surface area contributed by atoms with Crippen molar-refractivity contribution in [1.29, 1.82) is 0 Å². The highest BCUT2D eigenvalue weighted by Crippen LogP contribution is 2.15. The molecule has 0 bridgehead atoms. The topological polar surface area (TPSA) is 65.2 Å². The Bertz CT molecular complexity index is 570. The SMILES string of the molecule is C[C@@H]1CCCN(C(=O)CCNC(=O)c2ccc[nH]c2=S)C1. The van der Waals surface area contributed by atoms with Crippen LogP contribution in [0.25, 0.3) is 0 Å². The van der Waals surface area contributed by atoms with Crippen LogP contribution in [0.2, 0.25) is 0 Å². The van der Waals surface area contributed by atoms with Gasteiger partial charge in [-0.3, -0.25) is 9.59 Å². The molecule has 1 atom stereocenters. The minimum atomic E-state index is -0.239. The minimum absolute atomic E-state index is 0.111. The normalized spacial score (nSPS) is 18.3. The number of likely N-dealkylation sites (tertiary alicyclic amines) is 1. The summed E-state index contributed by atoms with van der Waals surface area (Å²) in [6.07, 6.45) is 4.27. The molecule has 0 aliphatic carbocycles. The third-order valence-corrected chi connectivity index (χ3v) is 4.03. The van der Waals surface area contributed by atoms with Gasteiger partial charge >= 0.3 is 0 Å². The van der Waals surface area contributed by atoms with E-state index in [2.05, 4.69) is 17.2 Å². The molecular formula is C15H21N3O2S. The largest absolute Gasteiger partial charge is 0.352 e. The van der Waals surface area contributed by atoms with E-state index < -0.39 is 0 Å². The summed E-state index contributed by atoms with van der Waals surface area (Å²) in [5.41, 5.74) is 0.437. The summed E-state index contributed by atoms with van der Waals surface area (Å²) >= 11 is 5.05. The molecule has 1 aromatic heterocycles. The number of aromatic amines is 1. The predicted molar refractivity (Wildman–Crippen MR) is 83.6 cm³/mol. The van der Waals surface area contributed by atoms with Crippen molar-refractivity contribution in [3.8, 4) is 0 Å². The average molecular weight is 307 g/mol. The lowest BCUT2D eigenvalue weighted by Gasteiger charge is -2.31. The van der Waals surface area contributed by atoms with Crippen molar-refractivity contribution < 1.29 is 9.59 Å². The molecule has 21 heavy (non-hydrogen) atoms. The number of H-pyrrole nitrogens is 1. The third kappa shape index (κ3) is 4.39. The number of hydrogen-bond acceptors (Lipinski definition) is 3. The Labute approximate surface area is 129 Å². The lowest BCUT2D eigenvalue weighted by molar-refractivity contribution is -0.132. The van der Waals surface area contributed by atoms with Crippen molar-refractivity contribution in [1.82, 2.24) is 15.2 Å². The van der Waals surface area contributed by atoms with Gasteiger partial charge < -0.3 is 15.2 Å². The van der Waals surface area contributed by atoms with Crippen LogP contribution in [0.15, 0.2) is 18.3 Å². The second kappa shape index (κ2) is 7.36. The second-order valence-corrected chi connectivity index (χ2v) is 5.91. The number of carbonyl (C=O) groups excluding carboxylic acids is 2. The van der Waals surface area contributed by atoms with Crippen LogP contribution in [-0.4, -0.2) is 41.3 Å². The van der Waals surface area contributed by atoms with Crippen LogP contribution >= 0.6 is 12.2 Å². The van der Waals surface area contributed by atoms with Crippen molar-refractivity contribution >= 4 is 24.0 Å². The molecule has 0 spiro atoms. The predicted octanol–water partition coefficient (Wildman–Crippen LogP) is 2.12. The Morgan fingerprint density at radius 3 is 3.05 bits per heavy atom. The molecular weight excluding hydrogens is 286 g/mol. The van der Waals surface area contributed by atoms with Gasteiger partial charge in [0.2, 0.25) is 5.91 Å². The summed E-state index contributed by atoms with van der Waals surface area (Å²) in [4.78, 5) is 28.7. The van der Waals surface area contributed by atoms with Crippen LogP contribution in [0.3, 0.4) is 0 Å². The van der Waals surface area contributed by atoms with Crippen LogP contribution in [0, 0.1) is 10.6 Å². The van der Waals surface area contributed by atoms with Crippen molar-refractivity contribution in [3.63, 3.8) is 0 Å². The van der Waals surface area contributed by atoms with Gasteiger partial charge in [-0.1, -0.05) is 19.1 Å². The number of rotatable bonds is 4. The van der Waals surface area contributed by atoms with Crippen molar-refractivity contribution in [3.05, 3.63) is 28.5 Å². The van der Waals surface area contributed by atoms with E-state index in [1.807, 2.05) is 4.90 Å². The Morgan fingerprint density at radius 2 is 2.33 bits per heavy atom. The smallest absolute Gasteiger partial charge is 0.254 e. The fraction of sp³-hybridized carbons (Fsp3) is 0.533. The number of carbonyl (C=O) groups is 2. The molecule has 5 nitrogen and oxygen atoms in total. The summed E-state index contributed by atoms with van der Waals surface area (Å²) in [5.74, 6) is 0.441. The molecule has 1 aromatic rings. The molecule has 6 heteroatoms. The first kappa shape index (κ1) is 15.7. The molecule has 2 N–H and O–H groups in total. The lowest BCUT2D eigenvalue weighted by Crippen LogP contribution is -2.40. The van der Waals surface area contributed by atoms with Crippen molar-refractivity contribution in [2.45, 2.75) is 26.2 Å². The first-order chi connectivity index (χ1) is 10.1. The molecule has 2 heterocycles. The fourth-order valence-corrected chi connectivity index (χ4v) is 2.78. The van der Waals surface area contributed by atoms with E-state index in [1.165, 1.54) is 6.42 Å². The van der Waals surface area contributed by atoms with Gasteiger partial charge in [-0.25, -0.2) is 0 Å². The van der Waals surface area contributed by atoms with Gasteiger partial charge in [0.15, 0.2) is 0 Å². The molecule has 0 saturated carbocycles. The summed E-state index contributed by atoms with van der Waals surface area (Å²) in [6, 6.07) is 3.40. The van der Waals surface area contributed by atoms with Crippen LogP contribution in [0.5, 0.6) is 0 Å². The summed E-state index contributed by atoms with van der Waals surface area (Å²) in [6.45, 7) is 4.17. The van der Waals surface area contributed by atoms with E-state index in [-0.39, 0.29) is 11.8 Å². The van der Waals surface area contributed by atoms with E-state index in [0.29, 0.717) is 29.1 Å². The van der Waals surface area contributed by atoms with Gasteiger partial charge in [-0.2, -0.15) is 0 Å². The monoisotopic (exact) mass is 307 g/mol. The first-order valence-corrected chi connectivity index (χ1v) is 7.72. The highest BCUT2D eigenvalue weighted by atomic mass is 32.1. The number of nitrogens with zero attached hydrogens (tertiary/aromatic N) is 1. The molecule has 1 aliphatic rings. The standard InChI is InChI=1S/C15H21N3O2S/c1-11-4-3-9-18(10-11)13(19)6-8-16-14(20)12-5-2-7-17-15(12)21/h2,5,7,11H,3-4,6,8-10H2,1H3,(H,16,20)(H,17,21)/t11-/m1/s1. The highest BCUT2D eigenvalue weighted by molar-refractivity contribution is 7.71. The number of pyridine rings is 1. The van der Waals surface area contributed by atoms with Crippen LogP contribution in [-0.2, 0) is 4.79 Å². The zero-order valence-electron chi connectivity index (χ0n) is 12.2. The third-order valence-electron chi connectivity index (χ3n) is 3.70. The van der Waals surface area contributed by atoms with Crippen LogP contribution in [0.4, 0.5) is 0 Å². The molecule has 1 aliphatic heterocycles. The Hall–Kier alpha value is -1.69. The Balaban J connectivity index is 1.79.